The normalized spacial score (nSPS) is 19.0. The van der Waals surface area contributed by atoms with Gasteiger partial charge in [0.2, 0.25) is 5.91 Å². The Morgan fingerprint density at radius 2 is 1.77 bits per heavy atom. The lowest BCUT2D eigenvalue weighted by molar-refractivity contribution is -0.137. The first-order valence-electron chi connectivity index (χ1n) is 10.1. The van der Waals surface area contributed by atoms with Gasteiger partial charge in [-0.2, -0.15) is 0 Å². The predicted molar refractivity (Wildman–Crippen MR) is 105 cm³/mol. The molecule has 0 aromatic carbocycles. The number of hydrogen-bond donors (Lipinski definition) is 0. The van der Waals surface area contributed by atoms with Gasteiger partial charge in [0.05, 0.1) is 10.7 Å². The molecule has 2 amide bonds. The van der Waals surface area contributed by atoms with Crippen LogP contribution in [0.2, 0.25) is 0 Å². The molecule has 0 atom stereocenters. The highest BCUT2D eigenvalue weighted by molar-refractivity contribution is 7.13. The number of amides is 2. The summed E-state index contributed by atoms with van der Waals surface area (Å²) in [6, 6.07) is 0. The van der Waals surface area contributed by atoms with Crippen molar-refractivity contribution in [1.29, 1.82) is 0 Å². The number of likely N-dealkylation sites (tertiary alicyclic amines) is 2. The van der Waals surface area contributed by atoms with E-state index >= 15 is 0 Å². The lowest BCUT2D eigenvalue weighted by Crippen LogP contribution is -2.45. The van der Waals surface area contributed by atoms with E-state index in [4.69, 9.17) is 0 Å². The van der Waals surface area contributed by atoms with Crippen molar-refractivity contribution >= 4 is 23.2 Å². The van der Waals surface area contributed by atoms with Crippen LogP contribution in [0.3, 0.4) is 0 Å². The summed E-state index contributed by atoms with van der Waals surface area (Å²) in [4.78, 5) is 34.9. The molecule has 0 unspecified atom stereocenters. The molecule has 0 bridgehead atoms. The van der Waals surface area contributed by atoms with Gasteiger partial charge >= 0.3 is 0 Å². The summed E-state index contributed by atoms with van der Waals surface area (Å²) in [5.74, 6) is 0.513. The molecule has 0 spiro atoms. The Bertz CT molecular complexity index is 629. The minimum Gasteiger partial charge on any atom is -0.342 e. The molecule has 3 rings (SSSR count). The number of thiazole rings is 1. The zero-order valence-electron chi connectivity index (χ0n) is 16.1. The molecule has 26 heavy (non-hydrogen) atoms. The Hall–Kier alpha value is -1.43. The van der Waals surface area contributed by atoms with Crippen LogP contribution in [0.1, 0.15) is 72.2 Å². The Labute approximate surface area is 160 Å². The molecule has 0 radical (unpaired) electrons. The number of rotatable bonds is 5. The Kier molecular flexibility index (Phi) is 6.68. The van der Waals surface area contributed by atoms with Crippen molar-refractivity contribution in [3.05, 3.63) is 15.6 Å². The molecule has 0 N–H and O–H groups in total. The Morgan fingerprint density at radius 3 is 2.42 bits per heavy atom. The van der Waals surface area contributed by atoms with Crippen LogP contribution < -0.4 is 0 Å². The molecular weight excluding hydrogens is 346 g/mol. The molecule has 1 aromatic heterocycles. The van der Waals surface area contributed by atoms with Gasteiger partial charge in [0.15, 0.2) is 0 Å². The number of hydrogen-bond acceptors (Lipinski definition) is 4. The number of piperidine rings is 2. The second-order valence-corrected chi connectivity index (χ2v) is 8.66. The fraction of sp³-hybridized carbons (Fsp3) is 0.750. The molecular formula is C20H31N3O2S. The molecule has 5 nitrogen and oxygen atoms in total. The number of aryl methyl sites for hydroxylation is 2. The van der Waals surface area contributed by atoms with E-state index in [9.17, 15) is 9.59 Å². The van der Waals surface area contributed by atoms with Gasteiger partial charge in [0.25, 0.3) is 5.91 Å². The molecule has 2 aliphatic heterocycles. The van der Waals surface area contributed by atoms with Crippen molar-refractivity contribution in [2.75, 3.05) is 26.2 Å². The van der Waals surface area contributed by atoms with Crippen LogP contribution in [0.5, 0.6) is 0 Å². The van der Waals surface area contributed by atoms with Crippen molar-refractivity contribution in [1.82, 2.24) is 14.8 Å². The van der Waals surface area contributed by atoms with E-state index in [2.05, 4.69) is 11.9 Å². The van der Waals surface area contributed by atoms with E-state index in [-0.39, 0.29) is 11.8 Å². The maximum atomic E-state index is 12.9. The standard InChI is InChI=1S/C20H31N3O2S/c1-3-4-8-17-21-15(2)18(26-17)20(25)23-13-9-16(10-14-23)19(24)22-11-6-5-7-12-22/h16H,3-14H2,1-2H3. The van der Waals surface area contributed by atoms with E-state index in [0.29, 0.717) is 19.0 Å². The second-order valence-electron chi connectivity index (χ2n) is 7.58. The monoisotopic (exact) mass is 377 g/mol. The van der Waals surface area contributed by atoms with Crippen molar-refractivity contribution < 1.29 is 9.59 Å². The number of carbonyl (C=O) groups is 2. The third-order valence-electron chi connectivity index (χ3n) is 5.58. The summed E-state index contributed by atoms with van der Waals surface area (Å²) in [6.07, 6.45) is 8.31. The minimum absolute atomic E-state index is 0.0971. The molecule has 2 saturated heterocycles. The van der Waals surface area contributed by atoms with Gasteiger partial charge in [0, 0.05) is 32.1 Å². The van der Waals surface area contributed by atoms with Crippen LogP contribution in [0, 0.1) is 12.8 Å². The third kappa shape index (κ3) is 4.45. The summed E-state index contributed by atoms with van der Waals surface area (Å²) >= 11 is 1.55. The van der Waals surface area contributed by atoms with Gasteiger partial charge in [-0.3, -0.25) is 9.59 Å². The highest BCUT2D eigenvalue weighted by Crippen LogP contribution is 2.26. The third-order valence-corrected chi connectivity index (χ3v) is 6.78. The molecule has 144 valence electrons. The highest BCUT2D eigenvalue weighted by Gasteiger charge is 2.32. The lowest BCUT2D eigenvalue weighted by Gasteiger charge is -2.35. The van der Waals surface area contributed by atoms with Gasteiger partial charge in [-0.25, -0.2) is 4.98 Å². The molecule has 0 aliphatic carbocycles. The molecule has 2 aliphatic rings. The maximum Gasteiger partial charge on any atom is 0.265 e. The van der Waals surface area contributed by atoms with Crippen LogP contribution in [0.15, 0.2) is 0 Å². The summed E-state index contributed by atoms with van der Waals surface area (Å²) in [5.41, 5.74) is 0.859. The van der Waals surface area contributed by atoms with Gasteiger partial charge in [-0.15, -0.1) is 11.3 Å². The number of nitrogens with zero attached hydrogens (tertiary/aromatic N) is 3. The van der Waals surface area contributed by atoms with Gasteiger partial charge in [-0.1, -0.05) is 13.3 Å². The van der Waals surface area contributed by atoms with Crippen LogP contribution in [0.4, 0.5) is 0 Å². The fourth-order valence-corrected chi connectivity index (χ4v) is 5.01. The van der Waals surface area contributed by atoms with Gasteiger partial charge in [-0.05, 0) is 51.9 Å². The highest BCUT2D eigenvalue weighted by atomic mass is 32.1. The van der Waals surface area contributed by atoms with Crippen molar-refractivity contribution in [2.24, 2.45) is 5.92 Å². The number of unbranched alkanes of at least 4 members (excludes halogenated alkanes) is 1. The van der Waals surface area contributed by atoms with Crippen molar-refractivity contribution in [3.8, 4) is 0 Å². The van der Waals surface area contributed by atoms with Crippen molar-refractivity contribution in [3.63, 3.8) is 0 Å². The van der Waals surface area contributed by atoms with E-state index in [1.54, 1.807) is 11.3 Å². The summed E-state index contributed by atoms with van der Waals surface area (Å²) in [6.45, 7) is 7.31. The van der Waals surface area contributed by atoms with Crippen LogP contribution >= 0.6 is 11.3 Å². The first kappa shape index (κ1) is 19.3. The van der Waals surface area contributed by atoms with E-state index in [1.165, 1.54) is 6.42 Å². The molecule has 3 heterocycles. The predicted octanol–water partition coefficient (Wildman–Crippen LogP) is 3.66. The largest absolute Gasteiger partial charge is 0.342 e. The molecule has 2 fully saturated rings. The molecule has 1 aromatic rings. The first-order valence-corrected chi connectivity index (χ1v) is 11.0. The minimum atomic E-state index is 0.0971. The van der Waals surface area contributed by atoms with Crippen LogP contribution in [0.25, 0.3) is 0 Å². The van der Waals surface area contributed by atoms with Gasteiger partial charge < -0.3 is 9.80 Å². The Morgan fingerprint density at radius 1 is 1.08 bits per heavy atom. The molecule has 0 saturated carbocycles. The summed E-state index contributed by atoms with van der Waals surface area (Å²) in [7, 11) is 0. The van der Waals surface area contributed by atoms with E-state index in [0.717, 1.165) is 73.6 Å². The first-order chi connectivity index (χ1) is 12.6. The second kappa shape index (κ2) is 8.98. The zero-order valence-corrected chi connectivity index (χ0v) is 16.9. The summed E-state index contributed by atoms with van der Waals surface area (Å²) in [5, 5.41) is 1.07. The number of aromatic nitrogens is 1. The van der Waals surface area contributed by atoms with E-state index < -0.39 is 0 Å². The maximum absolute atomic E-state index is 12.9. The average molecular weight is 378 g/mol. The topological polar surface area (TPSA) is 53.5 Å². The van der Waals surface area contributed by atoms with Crippen molar-refractivity contribution in [2.45, 2.75) is 65.2 Å². The average Bonchev–Trinajstić information content (AvgIpc) is 3.06. The summed E-state index contributed by atoms with van der Waals surface area (Å²) < 4.78 is 0. The van der Waals surface area contributed by atoms with E-state index in [1.807, 2.05) is 16.7 Å². The van der Waals surface area contributed by atoms with Crippen LogP contribution in [-0.4, -0.2) is 52.8 Å². The Balaban J connectivity index is 1.55. The zero-order chi connectivity index (χ0) is 18.5. The molecule has 6 heteroatoms. The quantitative estimate of drug-likeness (QED) is 0.787. The lowest BCUT2D eigenvalue weighted by atomic mass is 9.94. The van der Waals surface area contributed by atoms with Crippen LogP contribution in [-0.2, 0) is 11.2 Å². The SMILES string of the molecule is CCCCc1nc(C)c(C(=O)N2CCC(C(=O)N3CCCCC3)CC2)s1. The number of carbonyl (C=O) groups excluding carboxylic acids is 2. The fourth-order valence-electron chi connectivity index (χ4n) is 3.93. The smallest absolute Gasteiger partial charge is 0.265 e. The van der Waals surface area contributed by atoms with Gasteiger partial charge in [0.1, 0.15) is 4.88 Å².